The topological polar surface area (TPSA) is 94.4 Å². The van der Waals surface area contributed by atoms with Crippen molar-refractivity contribution >= 4 is 15.9 Å². The molecule has 0 fully saturated rings. The Labute approximate surface area is 131 Å². The average Bonchev–Trinajstić information content (AvgIpc) is 2.92. The van der Waals surface area contributed by atoms with Crippen LogP contribution in [0, 0.1) is 5.92 Å². The van der Waals surface area contributed by atoms with Crippen LogP contribution in [-0.2, 0) is 14.6 Å². The third-order valence-electron chi connectivity index (χ3n) is 2.83. The Morgan fingerprint density at radius 3 is 2.64 bits per heavy atom. The van der Waals surface area contributed by atoms with E-state index in [1.807, 2.05) is 6.92 Å². The molecular weight excluding hydrogens is 308 g/mol. The Morgan fingerprint density at radius 2 is 2.09 bits per heavy atom. The van der Waals surface area contributed by atoms with Gasteiger partial charge in [-0.25, -0.2) is 18.2 Å². The largest absolute Gasteiger partial charge is 0.383 e. The molecule has 0 aliphatic carbocycles. The van der Waals surface area contributed by atoms with Crippen LogP contribution in [0.1, 0.15) is 27.2 Å². The zero-order valence-electron chi connectivity index (χ0n) is 13.5. The molecule has 1 aromatic rings. The number of sulfone groups is 1. The van der Waals surface area contributed by atoms with Crippen molar-refractivity contribution in [2.24, 2.45) is 5.92 Å². The Balaban J connectivity index is 2.91. The van der Waals surface area contributed by atoms with Crippen LogP contribution < -0.4 is 0 Å². The van der Waals surface area contributed by atoms with Gasteiger partial charge in [0, 0.05) is 20.2 Å². The van der Waals surface area contributed by atoms with Crippen LogP contribution in [0.15, 0.2) is 11.5 Å². The minimum atomic E-state index is -3.57. The first-order chi connectivity index (χ1) is 10.3. The maximum atomic E-state index is 12.3. The SMILES string of the molecule is CCCN(CCOC)C(=O)n1cnc(S(=O)(=O)CC(C)C)n1. The fourth-order valence-corrected chi connectivity index (χ4v) is 3.36. The van der Waals surface area contributed by atoms with E-state index in [1.165, 1.54) is 0 Å². The fraction of sp³-hybridized carbons (Fsp3) is 0.769. The molecule has 0 bridgehead atoms. The highest BCUT2D eigenvalue weighted by Crippen LogP contribution is 2.09. The van der Waals surface area contributed by atoms with Crippen LogP contribution >= 0.6 is 0 Å². The van der Waals surface area contributed by atoms with E-state index >= 15 is 0 Å². The predicted molar refractivity (Wildman–Crippen MR) is 81.4 cm³/mol. The fourth-order valence-electron chi connectivity index (χ4n) is 1.92. The smallest absolute Gasteiger partial charge is 0.346 e. The second-order valence-corrected chi connectivity index (χ2v) is 7.34. The Bertz CT molecular complexity index is 583. The van der Waals surface area contributed by atoms with Gasteiger partial charge in [-0.2, -0.15) is 4.68 Å². The van der Waals surface area contributed by atoms with Gasteiger partial charge in [0.2, 0.25) is 9.84 Å². The molecule has 9 heteroatoms. The van der Waals surface area contributed by atoms with Gasteiger partial charge in [0.1, 0.15) is 6.33 Å². The molecule has 1 aromatic heterocycles. The van der Waals surface area contributed by atoms with Crippen molar-refractivity contribution in [1.82, 2.24) is 19.7 Å². The lowest BCUT2D eigenvalue weighted by molar-refractivity contribution is 0.148. The molecule has 22 heavy (non-hydrogen) atoms. The maximum Gasteiger partial charge on any atom is 0.346 e. The summed E-state index contributed by atoms with van der Waals surface area (Å²) < 4.78 is 30.1. The third-order valence-corrected chi connectivity index (χ3v) is 4.68. The van der Waals surface area contributed by atoms with Crippen molar-refractivity contribution in [2.75, 3.05) is 32.6 Å². The number of methoxy groups -OCH3 is 1. The molecule has 0 atom stereocenters. The summed E-state index contributed by atoms with van der Waals surface area (Å²) in [5, 5.41) is 3.52. The number of rotatable bonds is 8. The Kier molecular flexibility index (Phi) is 6.95. The lowest BCUT2D eigenvalue weighted by Crippen LogP contribution is -2.38. The lowest BCUT2D eigenvalue weighted by Gasteiger charge is -2.20. The van der Waals surface area contributed by atoms with Crippen LogP contribution in [0.2, 0.25) is 0 Å². The van der Waals surface area contributed by atoms with Gasteiger partial charge < -0.3 is 9.64 Å². The van der Waals surface area contributed by atoms with Gasteiger partial charge >= 0.3 is 6.03 Å². The molecule has 0 spiro atoms. The Hall–Kier alpha value is -1.48. The highest BCUT2D eigenvalue weighted by atomic mass is 32.2. The molecule has 0 N–H and O–H groups in total. The van der Waals surface area contributed by atoms with Gasteiger partial charge in [0.25, 0.3) is 5.16 Å². The number of nitrogens with zero attached hydrogens (tertiary/aromatic N) is 4. The predicted octanol–water partition coefficient (Wildman–Crippen LogP) is 1.03. The maximum absolute atomic E-state index is 12.3. The second kappa shape index (κ2) is 8.23. The van der Waals surface area contributed by atoms with Gasteiger partial charge in [0.15, 0.2) is 0 Å². The quantitative estimate of drug-likeness (QED) is 0.706. The zero-order chi connectivity index (χ0) is 16.8. The van der Waals surface area contributed by atoms with Gasteiger partial charge in [-0.3, -0.25) is 0 Å². The van der Waals surface area contributed by atoms with Crippen molar-refractivity contribution < 1.29 is 17.9 Å². The molecule has 0 aliphatic heterocycles. The molecule has 0 saturated carbocycles. The van der Waals surface area contributed by atoms with Crippen LogP contribution in [0.25, 0.3) is 0 Å². The van der Waals surface area contributed by atoms with Crippen LogP contribution in [0.4, 0.5) is 4.79 Å². The summed E-state index contributed by atoms with van der Waals surface area (Å²) in [5.41, 5.74) is 0. The summed E-state index contributed by atoms with van der Waals surface area (Å²) in [6.07, 6.45) is 1.92. The molecule has 126 valence electrons. The van der Waals surface area contributed by atoms with E-state index in [4.69, 9.17) is 4.74 Å². The number of aromatic nitrogens is 3. The van der Waals surface area contributed by atoms with E-state index in [-0.39, 0.29) is 16.8 Å². The van der Waals surface area contributed by atoms with E-state index in [2.05, 4.69) is 10.1 Å². The third kappa shape index (κ3) is 5.06. The highest BCUT2D eigenvalue weighted by Gasteiger charge is 2.24. The standard InChI is InChI=1S/C13H24N4O4S/c1-5-6-16(7-8-21-4)13(18)17-10-14-12(15-17)22(19,20)9-11(2)3/h10-11H,5-9H2,1-4H3. The monoisotopic (exact) mass is 332 g/mol. The van der Waals surface area contributed by atoms with Gasteiger partial charge in [0.05, 0.1) is 12.4 Å². The first-order valence-corrected chi connectivity index (χ1v) is 8.89. The van der Waals surface area contributed by atoms with E-state index in [9.17, 15) is 13.2 Å². The van der Waals surface area contributed by atoms with Crippen molar-refractivity contribution in [3.8, 4) is 0 Å². The van der Waals surface area contributed by atoms with Crippen LogP contribution in [0.5, 0.6) is 0 Å². The summed E-state index contributed by atoms with van der Waals surface area (Å²) in [7, 11) is -2.01. The first-order valence-electron chi connectivity index (χ1n) is 7.24. The molecule has 0 aromatic carbocycles. The molecule has 1 amide bonds. The van der Waals surface area contributed by atoms with Crippen molar-refractivity contribution in [1.29, 1.82) is 0 Å². The molecule has 8 nitrogen and oxygen atoms in total. The minimum Gasteiger partial charge on any atom is -0.383 e. The van der Waals surface area contributed by atoms with E-state index in [0.29, 0.717) is 19.7 Å². The molecule has 1 heterocycles. The summed E-state index contributed by atoms with van der Waals surface area (Å²) in [6, 6.07) is -0.405. The molecule has 0 radical (unpaired) electrons. The van der Waals surface area contributed by atoms with Gasteiger partial charge in [-0.1, -0.05) is 20.8 Å². The molecule has 0 aliphatic rings. The lowest BCUT2D eigenvalue weighted by atomic mass is 10.3. The van der Waals surface area contributed by atoms with E-state index in [1.54, 1.807) is 25.9 Å². The molecule has 0 saturated heterocycles. The zero-order valence-corrected chi connectivity index (χ0v) is 14.3. The van der Waals surface area contributed by atoms with Crippen molar-refractivity contribution in [3.05, 3.63) is 6.33 Å². The number of carbonyl (C=O) groups excluding carboxylic acids is 1. The first kappa shape index (κ1) is 18.6. The summed E-state index contributed by atoms with van der Waals surface area (Å²) in [5.74, 6) is -0.0842. The van der Waals surface area contributed by atoms with Gasteiger partial charge in [-0.15, -0.1) is 5.10 Å². The van der Waals surface area contributed by atoms with Gasteiger partial charge in [-0.05, 0) is 12.3 Å². The number of carbonyl (C=O) groups is 1. The summed E-state index contributed by atoms with van der Waals surface area (Å²) >= 11 is 0. The normalized spacial score (nSPS) is 11.9. The molecular formula is C13H24N4O4S. The van der Waals surface area contributed by atoms with E-state index in [0.717, 1.165) is 17.4 Å². The number of ether oxygens (including phenoxy) is 1. The van der Waals surface area contributed by atoms with Crippen LogP contribution in [-0.4, -0.2) is 66.7 Å². The summed E-state index contributed by atoms with van der Waals surface area (Å²) in [4.78, 5) is 17.7. The molecule has 1 rings (SSSR count). The average molecular weight is 332 g/mol. The van der Waals surface area contributed by atoms with E-state index < -0.39 is 15.9 Å². The van der Waals surface area contributed by atoms with Crippen molar-refractivity contribution in [3.63, 3.8) is 0 Å². The number of hydrogen-bond acceptors (Lipinski definition) is 6. The highest BCUT2D eigenvalue weighted by molar-refractivity contribution is 7.91. The second-order valence-electron chi connectivity index (χ2n) is 5.41. The number of hydrogen-bond donors (Lipinski definition) is 0. The minimum absolute atomic E-state index is 0.0362. The summed E-state index contributed by atoms with van der Waals surface area (Å²) in [6.45, 7) is 6.90. The van der Waals surface area contributed by atoms with Crippen molar-refractivity contribution in [2.45, 2.75) is 32.3 Å². The van der Waals surface area contributed by atoms with Crippen LogP contribution in [0.3, 0.4) is 0 Å². The molecule has 0 unspecified atom stereocenters. The number of amides is 1. The Morgan fingerprint density at radius 1 is 1.41 bits per heavy atom.